The molecular formula is C6H5BrFNO. The van der Waals surface area contributed by atoms with Crippen molar-refractivity contribution in [2.24, 2.45) is 0 Å². The van der Waals surface area contributed by atoms with Crippen LogP contribution in [0.25, 0.3) is 0 Å². The van der Waals surface area contributed by atoms with E-state index >= 15 is 0 Å². The van der Waals surface area contributed by atoms with Gasteiger partial charge in [0.2, 0.25) is 0 Å². The molecule has 1 rings (SSSR count). The zero-order chi connectivity index (χ0) is 7.56. The molecule has 1 aromatic carbocycles. The third-order valence-electron chi connectivity index (χ3n) is 1.07. The molecular weight excluding hydrogens is 201 g/mol. The van der Waals surface area contributed by atoms with Gasteiger partial charge >= 0.3 is 0 Å². The average molecular weight is 206 g/mol. The fourth-order valence-corrected chi connectivity index (χ4v) is 0.956. The van der Waals surface area contributed by atoms with Crippen LogP contribution >= 0.6 is 15.9 Å². The molecule has 0 amide bonds. The number of hydrogen-bond donors (Lipinski definition) is 2. The van der Waals surface area contributed by atoms with E-state index in [-0.39, 0.29) is 5.69 Å². The third-order valence-corrected chi connectivity index (χ3v) is 1.68. The lowest BCUT2D eigenvalue weighted by molar-refractivity contribution is 0.384. The van der Waals surface area contributed by atoms with Crippen molar-refractivity contribution in [1.82, 2.24) is 0 Å². The van der Waals surface area contributed by atoms with E-state index in [1.165, 1.54) is 6.07 Å². The summed E-state index contributed by atoms with van der Waals surface area (Å²) < 4.78 is 13.1. The van der Waals surface area contributed by atoms with Gasteiger partial charge in [-0.3, -0.25) is 10.7 Å². The molecule has 0 aromatic heterocycles. The predicted octanol–water partition coefficient (Wildman–Crippen LogP) is 2.39. The quantitative estimate of drug-likeness (QED) is 0.691. The fraction of sp³-hybridized carbons (Fsp3) is 0. The molecule has 0 fully saturated rings. The average Bonchev–Trinajstić information content (AvgIpc) is 1.95. The summed E-state index contributed by atoms with van der Waals surface area (Å²) >= 11 is 2.96. The maximum atomic E-state index is 12.7. The molecule has 0 aliphatic carbocycles. The number of hydrogen-bond acceptors (Lipinski definition) is 2. The Morgan fingerprint density at radius 2 is 2.20 bits per heavy atom. The Morgan fingerprint density at radius 3 is 2.70 bits per heavy atom. The van der Waals surface area contributed by atoms with Crippen molar-refractivity contribution in [2.45, 2.75) is 0 Å². The minimum atomic E-state index is -0.495. The van der Waals surface area contributed by atoms with Gasteiger partial charge < -0.3 is 0 Å². The van der Waals surface area contributed by atoms with E-state index in [1.807, 2.05) is 0 Å². The maximum Gasteiger partial charge on any atom is 0.162 e. The van der Waals surface area contributed by atoms with E-state index in [2.05, 4.69) is 15.9 Å². The van der Waals surface area contributed by atoms with Crippen molar-refractivity contribution in [2.75, 3.05) is 5.48 Å². The van der Waals surface area contributed by atoms with E-state index in [1.54, 1.807) is 17.6 Å². The summed E-state index contributed by atoms with van der Waals surface area (Å²) in [7, 11) is 0. The number of anilines is 1. The highest BCUT2D eigenvalue weighted by molar-refractivity contribution is 9.10. The van der Waals surface area contributed by atoms with Crippen LogP contribution in [0.3, 0.4) is 0 Å². The van der Waals surface area contributed by atoms with E-state index in [0.29, 0.717) is 4.47 Å². The van der Waals surface area contributed by atoms with E-state index in [0.717, 1.165) is 0 Å². The number of rotatable bonds is 1. The van der Waals surface area contributed by atoms with Crippen LogP contribution in [0.2, 0.25) is 0 Å². The minimum Gasteiger partial charge on any atom is -0.291 e. The molecule has 0 bridgehead atoms. The number of nitrogens with one attached hydrogen (secondary N) is 1. The van der Waals surface area contributed by atoms with E-state index in [4.69, 9.17) is 5.21 Å². The molecule has 0 unspecified atom stereocenters. The van der Waals surface area contributed by atoms with Crippen LogP contribution in [-0.4, -0.2) is 5.21 Å². The normalized spacial score (nSPS) is 9.50. The van der Waals surface area contributed by atoms with Gasteiger partial charge in [0.05, 0.1) is 10.2 Å². The molecule has 0 aliphatic rings. The van der Waals surface area contributed by atoms with Crippen molar-refractivity contribution < 1.29 is 9.60 Å². The molecule has 0 heterocycles. The lowest BCUT2D eigenvalue weighted by Gasteiger charge is -2.00. The standard InChI is InChI=1S/C6H5BrFNO/c7-4-2-1-3-5(9-10)6(4)8/h1-3,9-10H. The second kappa shape index (κ2) is 2.98. The highest BCUT2D eigenvalue weighted by Gasteiger charge is 2.02. The Hall–Kier alpha value is -0.610. The summed E-state index contributed by atoms with van der Waals surface area (Å²) in [6.07, 6.45) is 0. The van der Waals surface area contributed by atoms with Crippen LogP contribution in [0.5, 0.6) is 0 Å². The van der Waals surface area contributed by atoms with E-state index in [9.17, 15) is 4.39 Å². The van der Waals surface area contributed by atoms with Crippen LogP contribution in [0, 0.1) is 5.82 Å². The molecule has 0 radical (unpaired) electrons. The zero-order valence-electron chi connectivity index (χ0n) is 4.94. The second-order valence-corrected chi connectivity index (χ2v) is 2.57. The molecule has 0 aliphatic heterocycles. The minimum absolute atomic E-state index is 0.0642. The molecule has 54 valence electrons. The van der Waals surface area contributed by atoms with Gasteiger partial charge in [0.1, 0.15) is 0 Å². The highest BCUT2D eigenvalue weighted by atomic mass is 79.9. The first-order valence-electron chi connectivity index (χ1n) is 2.60. The van der Waals surface area contributed by atoms with Crippen LogP contribution in [0.15, 0.2) is 22.7 Å². The lowest BCUT2D eigenvalue weighted by Crippen LogP contribution is -1.92. The van der Waals surface area contributed by atoms with Crippen molar-refractivity contribution in [3.05, 3.63) is 28.5 Å². The SMILES string of the molecule is ONc1cccc(Br)c1F. The van der Waals surface area contributed by atoms with Crippen molar-refractivity contribution >= 4 is 21.6 Å². The van der Waals surface area contributed by atoms with Gasteiger partial charge in [0.15, 0.2) is 5.82 Å². The monoisotopic (exact) mass is 205 g/mol. The summed E-state index contributed by atoms with van der Waals surface area (Å²) in [5, 5.41) is 8.33. The highest BCUT2D eigenvalue weighted by Crippen LogP contribution is 2.21. The first-order chi connectivity index (χ1) is 4.75. The maximum absolute atomic E-state index is 12.7. The van der Waals surface area contributed by atoms with Crippen LogP contribution < -0.4 is 5.48 Å². The second-order valence-electron chi connectivity index (χ2n) is 1.71. The Morgan fingerprint density at radius 1 is 1.50 bits per heavy atom. The Balaban J connectivity index is 3.14. The van der Waals surface area contributed by atoms with Crippen LogP contribution in [0.1, 0.15) is 0 Å². The molecule has 0 saturated heterocycles. The van der Waals surface area contributed by atoms with Crippen molar-refractivity contribution in [3.8, 4) is 0 Å². The Kier molecular flexibility index (Phi) is 2.24. The van der Waals surface area contributed by atoms with Gasteiger partial charge in [-0.15, -0.1) is 0 Å². The molecule has 0 saturated carbocycles. The van der Waals surface area contributed by atoms with Gasteiger partial charge in [0, 0.05) is 0 Å². The summed E-state index contributed by atoms with van der Waals surface area (Å²) in [5.74, 6) is -0.495. The smallest absolute Gasteiger partial charge is 0.162 e. The van der Waals surface area contributed by atoms with Crippen LogP contribution in [0.4, 0.5) is 10.1 Å². The summed E-state index contributed by atoms with van der Waals surface area (Å²) in [4.78, 5) is 0. The van der Waals surface area contributed by atoms with Gasteiger partial charge in [-0.2, -0.15) is 0 Å². The van der Waals surface area contributed by atoms with Gasteiger partial charge in [-0.05, 0) is 28.1 Å². The third kappa shape index (κ3) is 1.27. The molecule has 4 heteroatoms. The molecule has 2 N–H and O–H groups in total. The lowest BCUT2D eigenvalue weighted by atomic mass is 10.3. The topological polar surface area (TPSA) is 32.3 Å². The zero-order valence-corrected chi connectivity index (χ0v) is 6.52. The summed E-state index contributed by atoms with van der Waals surface area (Å²) in [6, 6.07) is 4.60. The predicted molar refractivity (Wildman–Crippen MR) is 39.5 cm³/mol. The largest absolute Gasteiger partial charge is 0.291 e. The van der Waals surface area contributed by atoms with Crippen LogP contribution in [-0.2, 0) is 0 Å². The van der Waals surface area contributed by atoms with Crippen molar-refractivity contribution in [1.29, 1.82) is 0 Å². The molecule has 2 nitrogen and oxygen atoms in total. The van der Waals surface area contributed by atoms with Gasteiger partial charge in [-0.25, -0.2) is 4.39 Å². The molecule has 1 aromatic rings. The number of halogens is 2. The molecule has 10 heavy (non-hydrogen) atoms. The first kappa shape index (κ1) is 7.50. The first-order valence-corrected chi connectivity index (χ1v) is 3.39. The summed E-state index contributed by atoms with van der Waals surface area (Å²) in [5.41, 5.74) is 1.80. The van der Waals surface area contributed by atoms with Gasteiger partial charge in [-0.1, -0.05) is 6.07 Å². The Labute approximate surface area is 65.8 Å². The Bertz CT molecular complexity index is 241. The molecule has 0 atom stereocenters. The van der Waals surface area contributed by atoms with Crippen molar-refractivity contribution in [3.63, 3.8) is 0 Å². The molecule has 0 spiro atoms. The number of benzene rings is 1. The van der Waals surface area contributed by atoms with Gasteiger partial charge in [0.25, 0.3) is 0 Å². The summed E-state index contributed by atoms with van der Waals surface area (Å²) in [6.45, 7) is 0. The van der Waals surface area contributed by atoms with E-state index < -0.39 is 5.82 Å². The fourth-order valence-electron chi connectivity index (χ4n) is 0.590.